The molecule has 0 aliphatic carbocycles. The summed E-state index contributed by atoms with van der Waals surface area (Å²) in [5.41, 5.74) is 3.74. The largest absolute Gasteiger partial charge is 0.496 e. The van der Waals surface area contributed by atoms with Crippen LogP contribution in [0.1, 0.15) is 38.2 Å². The van der Waals surface area contributed by atoms with Crippen LogP contribution in [0.5, 0.6) is 5.75 Å². The van der Waals surface area contributed by atoms with Gasteiger partial charge in [0, 0.05) is 13.1 Å². The maximum atomic E-state index is 14.1. The van der Waals surface area contributed by atoms with Gasteiger partial charge in [-0.25, -0.2) is 0 Å². The minimum absolute atomic E-state index is 0.00592. The SMILES string of the molecule is COc1ccc(CN2C(=N)NC(c3ccccc3)(c3ccccc3)C2=O)cc1C(=O)N1Cc2ccccc2C1. The lowest BCUT2D eigenvalue weighted by atomic mass is 9.82. The van der Waals surface area contributed by atoms with Gasteiger partial charge in [-0.3, -0.25) is 19.9 Å². The Bertz CT molecular complexity index is 1500. The first-order valence-electron chi connectivity index (χ1n) is 12.8. The van der Waals surface area contributed by atoms with Crippen LogP contribution < -0.4 is 10.1 Å². The molecular weight excluding hydrogens is 488 g/mol. The third-order valence-electron chi connectivity index (χ3n) is 7.52. The van der Waals surface area contributed by atoms with Gasteiger partial charge in [0.1, 0.15) is 5.75 Å². The molecule has 2 amide bonds. The monoisotopic (exact) mass is 516 g/mol. The second-order valence-corrected chi connectivity index (χ2v) is 9.81. The van der Waals surface area contributed by atoms with Crippen molar-refractivity contribution in [1.29, 1.82) is 5.41 Å². The number of rotatable bonds is 6. The Morgan fingerprint density at radius 1 is 0.872 bits per heavy atom. The van der Waals surface area contributed by atoms with Crippen LogP contribution in [-0.2, 0) is 30.0 Å². The molecule has 4 aromatic carbocycles. The Kier molecular flexibility index (Phi) is 6.11. The summed E-state index contributed by atoms with van der Waals surface area (Å²) >= 11 is 0. The van der Waals surface area contributed by atoms with Crippen molar-refractivity contribution < 1.29 is 14.3 Å². The molecule has 1 fully saturated rings. The van der Waals surface area contributed by atoms with E-state index in [0.717, 1.165) is 27.8 Å². The molecule has 0 atom stereocenters. The van der Waals surface area contributed by atoms with E-state index in [2.05, 4.69) is 5.32 Å². The van der Waals surface area contributed by atoms with Crippen LogP contribution in [0, 0.1) is 5.41 Å². The highest BCUT2D eigenvalue weighted by Gasteiger charge is 2.52. The van der Waals surface area contributed by atoms with Crippen LogP contribution in [0.4, 0.5) is 0 Å². The summed E-state index contributed by atoms with van der Waals surface area (Å²) in [5, 5.41) is 12.0. The van der Waals surface area contributed by atoms with E-state index in [1.54, 1.807) is 24.1 Å². The van der Waals surface area contributed by atoms with Gasteiger partial charge in [0.2, 0.25) is 0 Å². The van der Waals surface area contributed by atoms with Crippen molar-refractivity contribution in [3.05, 3.63) is 137 Å². The normalized spacial score (nSPS) is 15.7. The van der Waals surface area contributed by atoms with Gasteiger partial charge in [-0.1, -0.05) is 91.0 Å². The van der Waals surface area contributed by atoms with Gasteiger partial charge in [-0.15, -0.1) is 0 Å². The average molecular weight is 517 g/mol. The highest BCUT2D eigenvalue weighted by molar-refractivity contribution is 6.10. The maximum Gasteiger partial charge on any atom is 0.264 e. The van der Waals surface area contributed by atoms with Crippen molar-refractivity contribution in [3.8, 4) is 5.75 Å². The summed E-state index contributed by atoms with van der Waals surface area (Å²) in [4.78, 5) is 31.0. The van der Waals surface area contributed by atoms with Crippen LogP contribution in [0.3, 0.4) is 0 Å². The molecule has 2 aliphatic rings. The third-order valence-corrected chi connectivity index (χ3v) is 7.52. The van der Waals surface area contributed by atoms with E-state index in [0.29, 0.717) is 24.4 Å². The van der Waals surface area contributed by atoms with Crippen LogP contribution in [0.2, 0.25) is 0 Å². The van der Waals surface area contributed by atoms with Crippen molar-refractivity contribution in [1.82, 2.24) is 15.1 Å². The van der Waals surface area contributed by atoms with Crippen molar-refractivity contribution >= 4 is 17.8 Å². The lowest BCUT2D eigenvalue weighted by Crippen LogP contribution is -2.45. The fourth-order valence-corrected chi connectivity index (χ4v) is 5.54. The summed E-state index contributed by atoms with van der Waals surface area (Å²) in [6.45, 7) is 1.22. The number of nitrogens with one attached hydrogen (secondary N) is 2. The number of hydrogen-bond donors (Lipinski definition) is 2. The van der Waals surface area contributed by atoms with E-state index in [9.17, 15) is 9.59 Å². The molecule has 7 nitrogen and oxygen atoms in total. The van der Waals surface area contributed by atoms with E-state index >= 15 is 0 Å². The van der Waals surface area contributed by atoms with Gasteiger partial charge >= 0.3 is 0 Å². The molecule has 4 aromatic rings. The Hall–Kier alpha value is -4.91. The molecule has 7 heteroatoms. The summed E-state index contributed by atoms with van der Waals surface area (Å²) in [6, 6.07) is 32.3. The van der Waals surface area contributed by atoms with Crippen molar-refractivity contribution in [2.24, 2.45) is 0 Å². The molecule has 0 bridgehead atoms. The zero-order valence-corrected chi connectivity index (χ0v) is 21.6. The number of fused-ring (bicyclic) bond motifs is 1. The molecule has 39 heavy (non-hydrogen) atoms. The zero-order chi connectivity index (χ0) is 27.0. The van der Waals surface area contributed by atoms with Crippen molar-refractivity contribution in [2.45, 2.75) is 25.2 Å². The topological polar surface area (TPSA) is 85.7 Å². The number of ether oxygens (including phenoxy) is 1. The predicted molar refractivity (Wildman–Crippen MR) is 148 cm³/mol. The molecule has 0 radical (unpaired) electrons. The highest BCUT2D eigenvalue weighted by atomic mass is 16.5. The van der Waals surface area contributed by atoms with Crippen LogP contribution in [0.25, 0.3) is 0 Å². The second kappa shape index (κ2) is 9.76. The number of methoxy groups -OCH3 is 1. The zero-order valence-electron chi connectivity index (χ0n) is 21.6. The predicted octanol–water partition coefficient (Wildman–Crippen LogP) is 4.66. The Labute approximate surface area is 227 Å². The van der Waals surface area contributed by atoms with Gasteiger partial charge in [0.15, 0.2) is 11.5 Å². The van der Waals surface area contributed by atoms with E-state index in [1.165, 1.54) is 4.90 Å². The van der Waals surface area contributed by atoms with Crippen LogP contribution in [0.15, 0.2) is 103 Å². The number of guanidine groups is 1. The first-order chi connectivity index (χ1) is 19.0. The number of amides is 2. The van der Waals surface area contributed by atoms with E-state index < -0.39 is 5.54 Å². The number of hydrogen-bond acceptors (Lipinski definition) is 4. The molecule has 2 aliphatic heterocycles. The third kappa shape index (κ3) is 4.12. The molecule has 2 heterocycles. The average Bonchev–Trinajstić information content (AvgIpc) is 3.53. The highest BCUT2D eigenvalue weighted by Crippen LogP contribution is 2.37. The fourth-order valence-electron chi connectivity index (χ4n) is 5.54. The van der Waals surface area contributed by atoms with Gasteiger partial charge < -0.3 is 15.0 Å². The standard InChI is InChI=1S/C32H28N4O3/c1-39-28-17-16-22(18-27(28)29(37)35-20-23-10-8-9-11-24(23)21-35)19-36-30(38)32(34-31(36)33,25-12-4-2-5-13-25)26-14-6-3-7-15-26/h2-18H,19-21H2,1H3,(H2,33,34). The summed E-state index contributed by atoms with van der Waals surface area (Å²) < 4.78 is 5.54. The van der Waals surface area contributed by atoms with Gasteiger partial charge in [0.25, 0.3) is 11.8 Å². The van der Waals surface area contributed by atoms with E-state index in [-0.39, 0.29) is 24.3 Å². The number of carbonyl (C=O) groups excluding carboxylic acids is 2. The van der Waals surface area contributed by atoms with Crippen molar-refractivity contribution in [2.75, 3.05) is 7.11 Å². The molecule has 1 saturated heterocycles. The quantitative estimate of drug-likeness (QED) is 0.390. The Morgan fingerprint density at radius 3 is 2.00 bits per heavy atom. The van der Waals surface area contributed by atoms with Gasteiger partial charge in [-0.05, 0) is 39.9 Å². The Balaban J connectivity index is 1.32. The summed E-state index contributed by atoms with van der Waals surface area (Å²) in [7, 11) is 1.54. The number of carbonyl (C=O) groups is 2. The van der Waals surface area contributed by atoms with E-state index in [1.807, 2.05) is 91.0 Å². The molecule has 0 aromatic heterocycles. The molecule has 0 saturated carbocycles. The Morgan fingerprint density at radius 2 is 1.44 bits per heavy atom. The first-order valence-corrected chi connectivity index (χ1v) is 12.8. The number of nitrogens with zero attached hydrogens (tertiary/aromatic N) is 2. The minimum Gasteiger partial charge on any atom is -0.496 e. The minimum atomic E-state index is -1.22. The number of benzene rings is 4. The molecule has 194 valence electrons. The van der Waals surface area contributed by atoms with E-state index in [4.69, 9.17) is 10.1 Å². The fraction of sp³-hybridized carbons (Fsp3) is 0.156. The molecule has 0 spiro atoms. The molecule has 2 N–H and O–H groups in total. The van der Waals surface area contributed by atoms with Crippen LogP contribution in [-0.4, -0.2) is 34.7 Å². The maximum absolute atomic E-state index is 14.1. The van der Waals surface area contributed by atoms with Gasteiger partial charge in [0.05, 0.1) is 19.2 Å². The first kappa shape index (κ1) is 24.4. The second-order valence-electron chi connectivity index (χ2n) is 9.81. The van der Waals surface area contributed by atoms with Crippen molar-refractivity contribution in [3.63, 3.8) is 0 Å². The van der Waals surface area contributed by atoms with Gasteiger partial charge in [-0.2, -0.15) is 0 Å². The summed E-state index contributed by atoms with van der Waals surface area (Å²) in [6.07, 6.45) is 0. The smallest absolute Gasteiger partial charge is 0.264 e. The molecular formula is C32H28N4O3. The lowest BCUT2D eigenvalue weighted by Gasteiger charge is -2.28. The molecule has 0 unspecified atom stereocenters. The molecule has 6 rings (SSSR count). The lowest BCUT2D eigenvalue weighted by molar-refractivity contribution is -0.130. The summed E-state index contributed by atoms with van der Waals surface area (Å²) in [5.74, 6) is 0.104. The van der Waals surface area contributed by atoms with Crippen LogP contribution >= 0.6 is 0 Å².